The van der Waals surface area contributed by atoms with E-state index >= 15 is 0 Å². The normalized spacial score (nSPS) is 10.2. The van der Waals surface area contributed by atoms with Gasteiger partial charge in [0.05, 0.1) is 17.6 Å². The Morgan fingerprint density at radius 2 is 2.24 bits per heavy atom. The molecule has 0 unspecified atom stereocenters. The topological polar surface area (TPSA) is 64.4 Å². The average Bonchev–Trinajstić information content (AvgIpc) is 2.30. The predicted molar refractivity (Wildman–Crippen MR) is 66.5 cm³/mol. The summed E-state index contributed by atoms with van der Waals surface area (Å²) in [6.45, 7) is 6.32. The van der Waals surface area contributed by atoms with Gasteiger partial charge in [0.25, 0.3) is 5.69 Å². The van der Waals surface area contributed by atoms with Crippen molar-refractivity contribution in [2.75, 3.05) is 19.7 Å². The van der Waals surface area contributed by atoms with Crippen molar-refractivity contribution in [1.82, 2.24) is 5.32 Å². The number of hydrogen-bond acceptors (Lipinski definition) is 4. The quantitative estimate of drug-likeness (QED) is 0.449. The number of nitro benzene ring substituents is 1. The molecule has 94 valence electrons. The molecule has 0 amide bonds. The molecule has 1 aromatic carbocycles. The average molecular weight is 238 g/mol. The van der Waals surface area contributed by atoms with Crippen LogP contribution in [0.2, 0.25) is 0 Å². The van der Waals surface area contributed by atoms with Crippen LogP contribution in [0, 0.1) is 17.0 Å². The number of hydrogen-bond donors (Lipinski definition) is 1. The van der Waals surface area contributed by atoms with Crippen molar-refractivity contribution in [2.24, 2.45) is 0 Å². The molecule has 5 heteroatoms. The first-order valence-corrected chi connectivity index (χ1v) is 5.73. The molecule has 0 heterocycles. The third-order valence-electron chi connectivity index (χ3n) is 2.39. The number of benzene rings is 1. The summed E-state index contributed by atoms with van der Waals surface area (Å²) in [6, 6.07) is 4.67. The van der Waals surface area contributed by atoms with Gasteiger partial charge in [0, 0.05) is 6.07 Å². The maximum atomic E-state index is 10.6. The highest BCUT2D eigenvalue weighted by molar-refractivity contribution is 5.43. The summed E-state index contributed by atoms with van der Waals surface area (Å²) in [7, 11) is 0. The van der Waals surface area contributed by atoms with Crippen molar-refractivity contribution in [3.63, 3.8) is 0 Å². The van der Waals surface area contributed by atoms with Gasteiger partial charge in [-0.05, 0) is 38.1 Å². The van der Waals surface area contributed by atoms with Crippen LogP contribution in [0.15, 0.2) is 18.2 Å². The van der Waals surface area contributed by atoms with Gasteiger partial charge < -0.3 is 10.1 Å². The van der Waals surface area contributed by atoms with E-state index in [1.165, 1.54) is 12.1 Å². The second-order valence-electron chi connectivity index (χ2n) is 3.76. The Kier molecular flexibility index (Phi) is 5.42. The lowest BCUT2D eigenvalue weighted by atomic mass is 10.2. The van der Waals surface area contributed by atoms with Gasteiger partial charge in [0.2, 0.25) is 0 Å². The molecule has 17 heavy (non-hydrogen) atoms. The highest BCUT2D eigenvalue weighted by Gasteiger charge is 2.09. The fourth-order valence-electron chi connectivity index (χ4n) is 1.41. The minimum atomic E-state index is -0.412. The van der Waals surface area contributed by atoms with Crippen LogP contribution in [0.5, 0.6) is 5.75 Å². The highest BCUT2D eigenvalue weighted by Crippen LogP contribution is 2.23. The molecule has 0 aliphatic carbocycles. The van der Waals surface area contributed by atoms with Gasteiger partial charge in [-0.15, -0.1) is 0 Å². The summed E-state index contributed by atoms with van der Waals surface area (Å²) in [5.41, 5.74) is 0.983. The van der Waals surface area contributed by atoms with Crippen LogP contribution in [0.1, 0.15) is 18.9 Å². The summed E-state index contributed by atoms with van der Waals surface area (Å²) >= 11 is 0. The lowest BCUT2D eigenvalue weighted by Gasteiger charge is -2.08. The summed E-state index contributed by atoms with van der Waals surface area (Å²) in [5, 5.41) is 13.8. The van der Waals surface area contributed by atoms with Crippen LogP contribution >= 0.6 is 0 Å². The van der Waals surface area contributed by atoms with Gasteiger partial charge >= 0.3 is 0 Å². The first-order valence-electron chi connectivity index (χ1n) is 5.73. The molecule has 5 nitrogen and oxygen atoms in total. The van der Waals surface area contributed by atoms with Crippen molar-refractivity contribution in [2.45, 2.75) is 20.3 Å². The summed E-state index contributed by atoms with van der Waals surface area (Å²) in [4.78, 5) is 10.2. The lowest BCUT2D eigenvalue weighted by Crippen LogP contribution is -2.16. The van der Waals surface area contributed by atoms with Crippen molar-refractivity contribution in [3.05, 3.63) is 33.9 Å². The molecule has 0 saturated carbocycles. The molecule has 0 saturated heterocycles. The summed E-state index contributed by atoms with van der Waals surface area (Å²) in [6.07, 6.45) is 0.885. The van der Waals surface area contributed by atoms with E-state index in [4.69, 9.17) is 4.74 Å². The molecular formula is C12H18N2O3. The molecule has 1 aromatic rings. The van der Waals surface area contributed by atoms with Gasteiger partial charge in [0.15, 0.2) is 0 Å². The molecule has 0 aliphatic heterocycles. The third-order valence-corrected chi connectivity index (χ3v) is 2.39. The molecule has 0 atom stereocenters. The maximum absolute atomic E-state index is 10.6. The van der Waals surface area contributed by atoms with Crippen LogP contribution in [0.3, 0.4) is 0 Å². The number of non-ortho nitro benzene ring substituents is 1. The molecule has 0 bridgehead atoms. The Morgan fingerprint density at radius 1 is 1.47 bits per heavy atom. The Morgan fingerprint density at radius 3 is 2.88 bits per heavy atom. The molecule has 0 radical (unpaired) electrons. The smallest absolute Gasteiger partial charge is 0.273 e. The van der Waals surface area contributed by atoms with Gasteiger partial charge in [-0.25, -0.2) is 0 Å². The molecule has 0 fully saturated rings. The van der Waals surface area contributed by atoms with Crippen LogP contribution in [-0.4, -0.2) is 24.6 Å². The number of aryl methyl sites for hydroxylation is 1. The number of rotatable bonds is 7. The van der Waals surface area contributed by atoms with E-state index in [2.05, 4.69) is 5.32 Å². The molecule has 0 spiro atoms. The minimum Gasteiger partial charge on any atom is -0.493 e. The second kappa shape index (κ2) is 6.85. The Balaban J connectivity index is 2.51. The van der Waals surface area contributed by atoms with E-state index in [1.54, 1.807) is 6.07 Å². The van der Waals surface area contributed by atoms with Crippen molar-refractivity contribution in [1.29, 1.82) is 0 Å². The fraction of sp³-hybridized carbons (Fsp3) is 0.500. The number of nitrogens with zero attached hydrogens (tertiary/aromatic N) is 1. The molecule has 0 aromatic heterocycles. The largest absolute Gasteiger partial charge is 0.493 e. The number of nitro groups is 1. The number of nitrogens with one attached hydrogen (secondary N) is 1. The Labute approximate surface area is 101 Å². The van der Waals surface area contributed by atoms with Crippen molar-refractivity contribution in [3.8, 4) is 5.75 Å². The zero-order valence-electron chi connectivity index (χ0n) is 10.2. The van der Waals surface area contributed by atoms with Crippen molar-refractivity contribution >= 4 is 5.69 Å². The van der Waals surface area contributed by atoms with E-state index in [-0.39, 0.29) is 5.69 Å². The predicted octanol–water partition coefficient (Wildman–Crippen LogP) is 2.28. The van der Waals surface area contributed by atoms with E-state index in [9.17, 15) is 10.1 Å². The Hall–Kier alpha value is -1.62. The van der Waals surface area contributed by atoms with Crippen LogP contribution in [0.4, 0.5) is 5.69 Å². The Bertz CT molecular complexity index is 380. The van der Waals surface area contributed by atoms with Gasteiger partial charge in [-0.2, -0.15) is 0 Å². The summed E-state index contributed by atoms with van der Waals surface area (Å²) < 4.78 is 5.53. The van der Waals surface area contributed by atoms with Gasteiger partial charge in [0.1, 0.15) is 5.75 Å². The van der Waals surface area contributed by atoms with Gasteiger partial charge in [-0.3, -0.25) is 10.1 Å². The first-order chi connectivity index (χ1) is 8.15. The van der Waals surface area contributed by atoms with Crippen LogP contribution in [0.25, 0.3) is 0 Å². The zero-order chi connectivity index (χ0) is 12.7. The molecule has 1 rings (SSSR count). The second-order valence-corrected chi connectivity index (χ2v) is 3.76. The monoisotopic (exact) mass is 238 g/mol. The molecule has 1 N–H and O–H groups in total. The van der Waals surface area contributed by atoms with Gasteiger partial charge in [-0.1, -0.05) is 6.92 Å². The first kappa shape index (κ1) is 13.4. The van der Waals surface area contributed by atoms with Crippen LogP contribution < -0.4 is 10.1 Å². The van der Waals surface area contributed by atoms with Crippen molar-refractivity contribution < 1.29 is 9.66 Å². The minimum absolute atomic E-state index is 0.0669. The number of ether oxygens (including phenoxy) is 1. The van der Waals surface area contributed by atoms with E-state index in [0.717, 1.165) is 25.1 Å². The highest BCUT2D eigenvalue weighted by atomic mass is 16.6. The molecular weight excluding hydrogens is 220 g/mol. The maximum Gasteiger partial charge on any atom is 0.273 e. The van der Waals surface area contributed by atoms with E-state index in [1.807, 2.05) is 13.8 Å². The van der Waals surface area contributed by atoms with E-state index in [0.29, 0.717) is 12.4 Å². The SMILES string of the molecule is CCNCCCOc1cc([N+](=O)[O-])ccc1C. The molecule has 0 aliphatic rings. The van der Waals surface area contributed by atoms with Crippen LogP contribution in [-0.2, 0) is 0 Å². The third kappa shape index (κ3) is 4.40. The zero-order valence-corrected chi connectivity index (χ0v) is 10.2. The lowest BCUT2D eigenvalue weighted by molar-refractivity contribution is -0.384. The van der Waals surface area contributed by atoms with E-state index < -0.39 is 4.92 Å². The summed E-state index contributed by atoms with van der Waals surface area (Å²) in [5.74, 6) is 0.593. The standard InChI is InChI=1S/C12H18N2O3/c1-3-13-7-4-8-17-12-9-11(14(15)16)6-5-10(12)2/h5-6,9,13H,3-4,7-8H2,1-2H3. The fourth-order valence-corrected chi connectivity index (χ4v) is 1.41.